The van der Waals surface area contributed by atoms with Crippen LogP contribution in [0.3, 0.4) is 0 Å². The fraction of sp³-hybridized carbons (Fsp3) is 1.00. The Morgan fingerprint density at radius 3 is 2.50 bits per heavy atom. The highest BCUT2D eigenvalue weighted by atomic mass is 15.2. The summed E-state index contributed by atoms with van der Waals surface area (Å²) >= 11 is 0. The van der Waals surface area contributed by atoms with Crippen LogP contribution in [0.25, 0.3) is 0 Å². The Bertz CT molecular complexity index is 195. The summed E-state index contributed by atoms with van der Waals surface area (Å²) in [6.07, 6.45) is 5.47. The predicted octanol–water partition coefficient (Wildman–Crippen LogP) is 2.89. The van der Waals surface area contributed by atoms with Crippen molar-refractivity contribution in [3.8, 4) is 0 Å². The van der Waals surface area contributed by atoms with E-state index in [1.54, 1.807) is 0 Å². The summed E-state index contributed by atoms with van der Waals surface area (Å²) in [6, 6.07) is 1.42. The molecule has 0 aromatic heterocycles. The Morgan fingerprint density at radius 1 is 1.31 bits per heavy atom. The van der Waals surface area contributed by atoms with Crippen molar-refractivity contribution >= 4 is 0 Å². The van der Waals surface area contributed by atoms with Gasteiger partial charge in [-0.3, -0.25) is 0 Å². The summed E-state index contributed by atoms with van der Waals surface area (Å²) in [7, 11) is 2.09. The van der Waals surface area contributed by atoms with Gasteiger partial charge in [-0.15, -0.1) is 0 Å². The molecule has 1 saturated heterocycles. The molecule has 0 radical (unpaired) electrons. The van der Waals surface area contributed by atoms with E-state index in [4.69, 9.17) is 0 Å². The summed E-state index contributed by atoms with van der Waals surface area (Å²) in [6.45, 7) is 11.9. The topological polar surface area (TPSA) is 15.3 Å². The van der Waals surface area contributed by atoms with Crippen LogP contribution in [-0.4, -0.2) is 37.1 Å². The molecule has 1 aliphatic heterocycles. The molecule has 1 N–H and O–H groups in total. The molecule has 2 heteroatoms. The highest BCUT2D eigenvalue weighted by Gasteiger charge is 2.25. The number of nitrogens with one attached hydrogen (secondary N) is 1. The normalized spacial score (nSPS) is 25.7. The van der Waals surface area contributed by atoms with Gasteiger partial charge in [-0.1, -0.05) is 27.2 Å². The van der Waals surface area contributed by atoms with Gasteiger partial charge in [0.15, 0.2) is 0 Å². The summed E-state index contributed by atoms with van der Waals surface area (Å²) in [5, 5.41) is 3.47. The van der Waals surface area contributed by atoms with E-state index in [0.29, 0.717) is 11.5 Å². The van der Waals surface area contributed by atoms with Gasteiger partial charge in [0.05, 0.1) is 0 Å². The van der Waals surface area contributed by atoms with Crippen LogP contribution in [-0.2, 0) is 0 Å². The SMILES string of the molecule is CNC(CCN1CCCCC1C)C(C)(C)C. The Labute approximate surface area is 102 Å². The van der Waals surface area contributed by atoms with Crippen LogP contribution in [0.2, 0.25) is 0 Å². The lowest BCUT2D eigenvalue weighted by Crippen LogP contribution is -2.44. The van der Waals surface area contributed by atoms with Crippen LogP contribution in [0.1, 0.15) is 53.4 Å². The zero-order valence-electron chi connectivity index (χ0n) is 11.8. The van der Waals surface area contributed by atoms with Gasteiger partial charge >= 0.3 is 0 Å². The third-order valence-electron chi connectivity index (χ3n) is 4.04. The number of hydrogen-bond donors (Lipinski definition) is 1. The summed E-state index contributed by atoms with van der Waals surface area (Å²) in [5.74, 6) is 0. The second-order valence-electron chi connectivity index (χ2n) is 6.38. The minimum absolute atomic E-state index is 0.369. The van der Waals surface area contributed by atoms with Crippen molar-refractivity contribution in [2.45, 2.75) is 65.5 Å². The first-order chi connectivity index (χ1) is 7.45. The number of piperidine rings is 1. The Morgan fingerprint density at radius 2 is 2.00 bits per heavy atom. The van der Waals surface area contributed by atoms with E-state index < -0.39 is 0 Å². The number of nitrogens with zero attached hydrogens (tertiary/aromatic N) is 1. The van der Waals surface area contributed by atoms with E-state index >= 15 is 0 Å². The third kappa shape index (κ3) is 4.06. The molecule has 96 valence electrons. The Kier molecular flexibility index (Phi) is 5.26. The molecule has 0 saturated carbocycles. The average molecular weight is 226 g/mol. The van der Waals surface area contributed by atoms with Crippen molar-refractivity contribution in [1.29, 1.82) is 0 Å². The molecule has 0 aromatic carbocycles. The van der Waals surface area contributed by atoms with Crippen LogP contribution in [0, 0.1) is 5.41 Å². The molecule has 1 aliphatic rings. The molecule has 2 atom stereocenters. The highest BCUT2D eigenvalue weighted by molar-refractivity contribution is 4.82. The van der Waals surface area contributed by atoms with Crippen molar-refractivity contribution in [3.63, 3.8) is 0 Å². The van der Waals surface area contributed by atoms with Crippen LogP contribution < -0.4 is 5.32 Å². The molecule has 0 spiro atoms. The molecule has 0 amide bonds. The highest BCUT2D eigenvalue weighted by Crippen LogP contribution is 2.23. The Balaban J connectivity index is 2.37. The molecule has 0 bridgehead atoms. The standard InChI is InChI=1S/C14H30N2/c1-12-8-6-7-10-16(12)11-9-13(15-5)14(2,3)4/h12-13,15H,6-11H2,1-5H3. The molecular weight excluding hydrogens is 196 g/mol. The maximum atomic E-state index is 3.47. The van der Waals surface area contributed by atoms with Crippen LogP contribution in [0.5, 0.6) is 0 Å². The fourth-order valence-corrected chi connectivity index (χ4v) is 2.80. The van der Waals surface area contributed by atoms with Gasteiger partial charge in [0.1, 0.15) is 0 Å². The van der Waals surface area contributed by atoms with Gasteiger partial charge in [0, 0.05) is 12.1 Å². The smallest absolute Gasteiger partial charge is 0.0125 e. The van der Waals surface area contributed by atoms with Gasteiger partial charge in [-0.2, -0.15) is 0 Å². The van der Waals surface area contributed by atoms with E-state index in [1.165, 1.54) is 38.8 Å². The van der Waals surface area contributed by atoms with Crippen LogP contribution in [0.15, 0.2) is 0 Å². The van der Waals surface area contributed by atoms with Gasteiger partial charge < -0.3 is 10.2 Å². The van der Waals surface area contributed by atoms with Crippen molar-refractivity contribution < 1.29 is 0 Å². The lowest BCUT2D eigenvalue weighted by molar-refractivity contribution is 0.140. The monoisotopic (exact) mass is 226 g/mol. The number of likely N-dealkylation sites (tertiary alicyclic amines) is 1. The van der Waals surface area contributed by atoms with E-state index in [-0.39, 0.29) is 0 Å². The van der Waals surface area contributed by atoms with Crippen molar-refractivity contribution in [1.82, 2.24) is 10.2 Å². The molecule has 16 heavy (non-hydrogen) atoms. The van der Waals surface area contributed by atoms with Crippen LogP contribution >= 0.6 is 0 Å². The van der Waals surface area contributed by atoms with Gasteiger partial charge in [-0.05, 0) is 51.7 Å². The predicted molar refractivity (Wildman–Crippen MR) is 71.8 cm³/mol. The zero-order valence-corrected chi connectivity index (χ0v) is 11.8. The Hall–Kier alpha value is -0.0800. The molecule has 1 rings (SSSR count). The maximum Gasteiger partial charge on any atom is 0.0125 e. The van der Waals surface area contributed by atoms with Crippen molar-refractivity contribution in [3.05, 3.63) is 0 Å². The van der Waals surface area contributed by atoms with Gasteiger partial charge in [-0.25, -0.2) is 0 Å². The first-order valence-electron chi connectivity index (χ1n) is 6.86. The lowest BCUT2D eigenvalue weighted by Gasteiger charge is -2.37. The molecule has 0 aromatic rings. The van der Waals surface area contributed by atoms with Gasteiger partial charge in [0.25, 0.3) is 0 Å². The molecule has 1 heterocycles. The minimum atomic E-state index is 0.369. The molecule has 1 fully saturated rings. The first-order valence-corrected chi connectivity index (χ1v) is 6.86. The quantitative estimate of drug-likeness (QED) is 0.793. The van der Waals surface area contributed by atoms with Crippen molar-refractivity contribution in [2.75, 3.05) is 20.1 Å². The average Bonchev–Trinajstić information content (AvgIpc) is 2.19. The number of hydrogen-bond acceptors (Lipinski definition) is 2. The minimum Gasteiger partial charge on any atom is -0.316 e. The van der Waals surface area contributed by atoms with Crippen LogP contribution in [0.4, 0.5) is 0 Å². The van der Waals surface area contributed by atoms with Crippen molar-refractivity contribution in [2.24, 2.45) is 5.41 Å². The fourth-order valence-electron chi connectivity index (χ4n) is 2.80. The molecule has 2 nitrogen and oxygen atoms in total. The first kappa shape index (κ1) is 14.0. The summed E-state index contributed by atoms with van der Waals surface area (Å²) < 4.78 is 0. The molecule has 0 aliphatic carbocycles. The largest absolute Gasteiger partial charge is 0.316 e. The molecular formula is C14H30N2. The van der Waals surface area contributed by atoms with E-state index in [2.05, 4.69) is 45.0 Å². The van der Waals surface area contributed by atoms with E-state index in [9.17, 15) is 0 Å². The number of rotatable bonds is 4. The second-order valence-corrected chi connectivity index (χ2v) is 6.38. The molecule has 2 unspecified atom stereocenters. The zero-order chi connectivity index (χ0) is 12.2. The summed E-state index contributed by atoms with van der Waals surface area (Å²) in [4.78, 5) is 2.67. The second kappa shape index (κ2) is 6.02. The van der Waals surface area contributed by atoms with E-state index in [1.807, 2.05) is 0 Å². The lowest BCUT2D eigenvalue weighted by atomic mass is 9.84. The third-order valence-corrected chi connectivity index (χ3v) is 4.04. The van der Waals surface area contributed by atoms with E-state index in [0.717, 1.165) is 6.04 Å². The summed E-state index contributed by atoms with van der Waals surface area (Å²) in [5.41, 5.74) is 0.369. The van der Waals surface area contributed by atoms with Gasteiger partial charge in [0.2, 0.25) is 0 Å². The maximum absolute atomic E-state index is 3.47.